The number of carbonyl (C=O) groups is 1. The summed E-state index contributed by atoms with van der Waals surface area (Å²) < 4.78 is 31.3. The van der Waals surface area contributed by atoms with E-state index in [-0.39, 0.29) is 17.3 Å². The maximum absolute atomic E-state index is 12.7. The van der Waals surface area contributed by atoms with E-state index in [0.717, 1.165) is 6.42 Å². The lowest BCUT2D eigenvalue weighted by Crippen LogP contribution is -2.30. The van der Waals surface area contributed by atoms with E-state index in [1.807, 2.05) is 6.92 Å². The Morgan fingerprint density at radius 1 is 1.38 bits per heavy atom. The molecule has 1 aromatic heterocycles. The highest BCUT2D eigenvalue weighted by molar-refractivity contribution is 7.89. The lowest BCUT2D eigenvalue weighted by atomic mass is 10.1. The number of hydrogen-bond donors (Lipinski definition) is 1. The molecule has 0 saturated heterocycles. The molecule has 142 valence electrons. The van der Waals surface area contributed by atoms with Crippen LogP contribution in [0.25, 0.3) is 0 Å². The minimum atomic E-state index is -3.72. The molecule has 26 heavy (non-hydrogen) atoms. The third-order valence-corrected chi connectivity index (χ3v) is 6.02. The number of hydrogen-bond acceptors (Lipinski definition) is 6. The van der Waals surface area contributed by atoms with Crippen LogP contribution in [0.5, 0.6) is 0 Å². The van der Waals surface area contributed by atoms with Gasteiger partial charge in [-0.1, -0.05) is 31.5 Å². The largest absolute Gasteiger partial charge is 0.352 e. The minimum Gasteiger partial charge on any atom is -0.352 e. The van der Waals surface area contributed by atoms with Crippen LogP contribution in [0, 0.1) is 5.92 Å². The van der Waals surface area contributed by atoms with Gasteiger partial charge >= 0.3 is 0 Å². The van der Waals surface area contributed by atoms with Gasteiger partial charge < -0.3 is 9.84 Å². The fourth-order valence-corrected chi connectivity index (χ4v) is 3.39. The molecule has 1 atom stereocenters. The van der Waals surface area contributed by atoms with E-state index in [2.05, 4.69) is 26.9 Å². The first-order chi connectivity index (χ1) is 12.3. The van der Waals surface area contributed by atoms with Crippen LogP contribution in [0.4, 0.5) is 0 Å². The molecule has 0 unspecified atom stereocenters. The van der Waals surface area contributed by atoms with Crippen LogP contribution in [-0.2, 0) is 16.4 Å². The van der Waals surface area contributed by atoms with E-state index in [1.54, 1.807) is 12.1 Å². The zero-order valence-corrected chi connectivity index (χ0v) is 16.0. The summed E-state index contributed by atoms with van der Waals surface area (Å²) in [5.74, 6) is 0.518. The van der Waals surface area contributed by atoms with Crippen molar-refractivity contribution in [3.8, 4) is 0 Å². The van der Waals surface area contributed by atoms with Gasteiger partial charge in [-0.3, -0.25) is 4.79 Å². The van der Waals surface area contributed by atoms with Crippen molar-refractivity contribution in [2.75, 3.05) is 20.1 Å². The number of rotatable bonds is 9. The fraction of sp³-hybridized carbons (Fsp3) is 0.471. The average Bonchev–Trinajstić information content (AvgIpc) is 3.17. The number of aromatic nitrogens is 2. The molecule has 2 rings (SSSR count). The van der Waals surface area contributed by atoms with Crippen molar-refractivity contribution in [3.05, 3.63) is 42.0 Å². The monoisotopic (exact) mass is 380 g/mol. The topological polar surface area (TPSA) is 105 Å². The molecule has 0 radical (unpaired) electrons. The molecule has 1 aromatic carbocycles. The van der Waals surface area contributed by atoms with Gasteiger partial charge in [0, 0.05) is 32.1 Å². The zero-order valence-electron chi connectivity index (χ0n) is 15.2. The number of likely N-dealkylation sites (N-methyl/N-ethyl adjacent to an activating group) is 1. The van der Waals surface area contributed by atoms with Crippen molar-refractivity contribution in [2.45, 2.75) is 31.6 Å². The molecule has 0 aliphatic heterocycles. The number of benzene rings is 1. The van der Waals surface area contributed by atoms with Gasteiger partial charge in [0.15, 0.2) is 5.82 Å². The van der Waals surface area contributed by atoms with Gasteiger partial charge in [0.2, 0.25) is 16.4 Å². The van der Waals surface area contributed by atoms with E-state index in [1.165, 1.54) is 29.9 Å². The summed E-state index contributed by atoms with van der Waals surface area (Å²) in [5.41, 5.74) is 0.320. The summed E-state index contributed by atoms with van der Waals surface area (Å²) in [4.78, 5) is 16.2. The second-order valence-electron chi connectivity index (χ2n) is 6.18. The van der Waals surface area contributed by atoms with Crippen LogP contribution in [0.1, 0.15) is 36.5 Å². The summed E-state index contributed by atoms with van der Waals surface area (Å²) >= 11 is 0. The van der Waals surface area contributed by atoms with Crippen LogP contribution in [0.3, 0.4) is 0 Å². The van der Waals surface area contributed by atoms with Gasteiger partial charge in [0.25, 0.3) is 5.91 Å². The van der Waals surface area contributed by atoms with E-state index in [0.29, 0.717) is 30.3 Å². The van der Waals surface area contributed by atoms with Crippen LogP contribution in [0.2, 0.25) is 0 Å². The van der Waals surface area contributed by atoms with Crippen molar-refractivity contribution in [1.29, 1.82) is 0 Å². The Bertz CT molecular complexity index is 821. The number of nitrogens with one attached hydrogen (secondary N) is 1. The van der Waals surface area contributed by atoms with Crippen molar-refractivity contribution < 1.29 is 17.7 Å². The van der Waals surface area contributed by atoms with Gasteiger partial charge in [-0.2, -0.15) is 4.98 Å². The van der Waals surface area contributed by atoms with Crippen molar-refractivity contribution in [2.24, 2.45) is 5.92 Å². The third-order valence-electron chi connectivity index (χ3n) is 4.17. The first kappa shape index (κ1) is 20.1. The van der Waals surface area contributed by atoms with Crippen LogP contribution in [0.15, 0.2) is 40.1 Å². The van der Waals surface area contributed by atoms with E-state index in [9.17, 15) is 13.2 Å². The molecule has 0 spiro atoms. The molecule has 8 nitrogen and oxygen atoms in total. The lowest BCUT2D eigenvalue weighted by molar-refractivity contribution is 0.0947. The van der Waals surface area contributed by atoms with E-state index in [4.69, 9.17) is 0 Å². The summed E-state index contributed by atoms with van der Waals surface area (Å²) in [6, 6.07) is 6.04. The van der Waals surface area contributed by atoms with Crippen LogP contribution >= 0.6 is 0 Å². The molecule has 0 bridgehead atoms. The van der Waals surface area contributed by atoms with E-state index >= 15 is 0 Å². The molecule has 9 heteroatoms. The highest BCUT2D eigenvalue weighted by Gasteiger charge is 2.22. The lowest BCUT2D eigenvalue weighted by Gasteiger charge is -2.17. The summed E-state index contributed by atoms with van der Waals surface area (Å²) in [6.45, 7) is 4.84. The van der Waals surface area contributed by atoms with Crippen molar-refractivity contribution in [3.63, 3.8) is 0 Å². The zero-order chi connectivity index (χ0) is 19.2. The Hall–Kier alpha value is -2.26. The fourth-order valence-electron chi connectivity index (χ4n) is 2.17. The molecule has 0 aliphatic carbocycles. The predicted molar refractivity (Wildman–Crippen MR) is 96.0 cm³/mol. The molecule has 1 heterocycles. The molecule has 2 aromatic rings. The summed E-state index contributed by atoms with van der Waals surface area (Å²) in [7, 11) is -2.24. The smallest absolute Gasteiger partial charge is 0.251 e. The molecule has 0 fully saturated rings. The first-order valence-electron chi connectivity index (χ1n) is 8.44. The van der Waals surface area contributed by atoms with E-state index < -0.39 is 10.0 Å². The van der Waals surface area contributed by atoms with Crippen molar-refractivity contribution in [1.82, 2.24) is 19.8 Å². The molecular formula is C17H24N4O4S. The maximum Gasteiger partial charge on any atom is 0.251 e. The average molecular weight is 380 g/mol. The van der Waals surface area contributed by atoms with Crippen LogP contribution < -0.4 is 5.32 Å². The normalized spacial score (nSPS) is 12.9. The second-order valence-corrected chi connectivity index (χ2v) is 8.22. The third kappa shape index (κ3) is 5.12. The second kappa shape index (κ2) is 8.91. The molecule has 1 amide bonds. The molecule has 1 N–H and O–H groups in total. The molecule has 0 aliphatic rings. The Labute approximate surface area is 153 Å². The molecule has 0 saturated carbocycles. The highest BCUT2D eigenvalue weighted by atomic mass is 32.2. The number of nitrogens with zero attached hydrogens (tertiary/aromatic N) is 3. The Balaban J connectivity index is 2.07. The Morgan fingerprint density at radius 2 is 2.15 bits per heavy atom. The van der Waals surface area contributed by atoms with Gasteiger partial charge in [0.05, 0.1) is 4.90 Å². The predicted octanol–water partition coefficient (Wildman–Crippen LogP) is 1.71. The standard InChI is InChI=1S/C17H24N4O4S/c1-4-13(2)11-18-17(22)14-6-5-7-15(10-14)26(23,24)21(3)9-8-16-19-12-25-20-16/h5-7,10,12-13H,4,8-9,11H2,1-3H3,(H,18,22)/t13-/m1/s1. The summed E-state index contributed by atoms with van der Waals surface area (Å²) in [6.07, 6.45) is 2.49. The number of carbonyl (C=O) groups excluding carboxylic acids is 1. The minimum absolute atomic E-state index is 0.0734. The first-order valence-corrected chi connectivity index (χ1v) is 9.88. The van der Waals surface area contributed by atoms with Crippen molar-refractivity contribution >= 4 is 15.9 Å². The maximum atomic E-state index is 12.7. The van der Waals surface area contributed by atoms with Crippen LogP contribution in [-0.4, -0.2) is 48.9 Å². The van der Waals surface area contributed by atoms with Gasteiger partial charge in [-0.05, 0) is 24.1 Å². The SMILES string of the molecule is CC[C@@H](C)CNC(=O)c1cccc(S(=O)(=O)N(C)CCc2ncon2)c1. The summed E-state index contributed by atoms with van der Waals surface area (Å²) in [5, 5.41) is 6.49. The Kier molecular flexibility index (Phi) is 6.87. The molecular weight excluding hydrogens is 356 g/mol. The van der Waals surface area contributed by atoms with Gasteiger partial charge in [0.1, 0.15) is 0 Å². The van der Waals surface area contributed by atoms with Gasteiger partial charge in [-0.15, -0.1) is 0 Å². The number of sulfonamides is 1. The number of amides is 1. The quantitative estimate of drug-likeness (QED) is 0.710. The Morgan fingerprint density at radius 3 is 2.81 bits per heavy atom. The highest BCUT2D eigenvalue weighted by Crippen LogP contribution is 2.16. The van der Waals surface area contributed by atoms with Gasteiger partial charge in [-0.25, -0.2) is 12.7 Å².